The van der Waals surface area contributed by atoms with Gasteiger partial charge in [-0.05, 0) is 31.4 Å². The maximum absolute atomic E-state index is 5.53. The van der Waals surface area contributed by atoms with Crippen LogP contribution in [0, 0.1) is 5.92 Å². The Hall–Kier alpha value is 0.270. The number of hydrogen-bond acceptors (Lipinski definition) is 4. The predicted octanol–water partition coefficient (Wildman–Crippen LogP) is 1.78. The molecule has 3 unspecified atom stereocenters. The van der Waals surface area contributed by atoms with E-state index in [4.69, 9.17) is 9.73 Å². The highest BCUT2D eigenvalue weighted by atomic mass is 127. The van der Waals surface area contributed by atoms with E-state index in [1.165, 1.54) is 24.3 Å². The quantitative estimate of drug-likeness (QED) is 0.377. The van der Waals surface area contributed by atoms with Crippen molar-refractivity contribution in [2.75, 3.05) is 50.9 Å². The molecule has 3 fully saturated rings. The molecule has 3 rings (SSSR count). The molecule has 1 aliphatic carbocycles. The number of nitrogens with one attached hydrogen (secondary N) is 2. The molecule has 0 amide bonds. The van der Waals surface area contributed by atoms with Gasteiger partial charge in [0.25, 0.3) is 0 Å². The minimum Gasteiger partial charge on any atom is -0.379 e. The molecule has 0 radical (unpaired) electrons. The first-order chi connectivity index (χ1) is 10.7. The van der Waals surface area contributed by atoms with Crippen molar-refractivity contribution in [3.05, 3.63) is 0 Å². The summed E-state index contributed by atoms with van der Waals surface area (Å²) in [7, 11) is 0. The zero-order valence-electron chi connectivity index (χ0n) is 14.3. The van der Waals surface area contributed by atoms with E-state index in [0.29, 0.717) is 6.04 Å². The molecule has 2 aliphatic heterocycles. The highest BCUT2D eigenvalue weighted by Gasteiger charge is 2.41. The molecule has 3 aliphatic rings. The molecule has 0 aromatic heterocycles. The number of morpholine rings is 1. The Bertz CT molecular complexity index is 398. The molecule has 134 valence electrons. The van der Waals surface area contributed by atoms with Gasteiger partial charge in [0.2, 0.25) is 0 Å². The second-order valence-corrected chi connectivity index (χ2v) is 7.89. The van der Waals surface area contributed by atoms with E-state index in [1.807, 2.05) is 0 Å². The van der Waals surface area contributed by atoms with Crippen molar-refractivity contribution in [1.29, 1.82) is 0 Å². The molecule has 0 aromatic rings. The number of nitrogens with zero attached hydrogens (tertiary/aromatic N) is 2. The third kappa shape index (κ3) is 5.12. The average Bonchev–Trinajstić information content (AvgIpc) is 3.03. The number of hydrogen-bond donors (Lipinski definition) is 2. The Morgan fingerprint density at radius 1 is 1.39 bits per heavy atom. The minimum atomic E-state index is 0. The van der Waals surface area contributed by atoms with Gasteiger partial charge in [-0.1, -0.05) is 6.92 Å². The van der Waals surface area contributed by atoms with Crippen LogP contribution in [0.4, 0.5) is 0 Å². The van der Waals surface area contributed by atoms with Crippen LogP contribution >= 0.6 is 35.7 Å². The van der Waals surface area contributed by atoms with Crippen LogP contribution in [-0.4, -0.2) is 73.3 Å². The summed E-state index contributed by atoms with van der Waals surface area (Å²) in [5.74, 6) is 4.26. The number of ether oxygens (including phenoxy) is 1. The van der Waals surface area contributed by atoms with Gasteiger partial charge in [-0.25, -0.2) is 0 Å². The topological polar surface area (TPSA) is 48.9 Å². The smallest absolute Gasteiger partial charge is 0.191 e. The maximum atomic E-state index is 5.53. The molecule has 0 bridgehead atoms. The van der Waals surface area contributed by atoms with Crippen molar-refractivity contribution in [3.8, 4) is 0 Å². The lowest BCUT2D eigenvalue weighted by atomic mass is 9.96. The van der Waals surface area contributed by atoms with Gasteiger partial charge < -0.3 is 15.4 Å². The van der Waals surface area contributed by atoms with Gasteiger partial charge in [0.1, 0.15) is 0 Å². The molecule has 23 heavy (non-hydrogen) atoms. The van der Waals surface area contributed by atoms with Crippen molar-refractivity contribution in [1.82, 2.24) is 15.5 Å². The fraction of sp³-hybridized carbons (Fsp3) is 0.938. The first-order valence-corrected chi connectivity index (χ1v) is 9.84. The van der Waals surface area contributed by atoms with Gasteiger partial charge in [0.05, 0.1) is 25.3 Å². The number of halogens is 1. The average molecular weight is 454 g/mol. The lowest BCUT2D eigenvalue weighted by molar-refractivity contribution is -0.0104. The number of guanidine groups is 1. The van der Waals surface area contributed by atoms with Gasteiger partial charge in [-0.2, -0.15) is 11.8 Å². The summed E-state index contributed by atoms with van der Waals surface area (Å²) in [5, 5.41) is 6.98. The van der Waals surface area contributed by atoms with Crippen LogP contribution in [0.1, 0.15) is 26.7 Å². The SMILES string of the molecule is CCNC(=NCC1(N2CCOCC2)CCSC1)NC1CC1C.I. The summed E-state index contributed by atoms with van der Waals surface area (Å²) in [4.78, 5) is 7.58. The van der Waals surface area contributed by atoms with Gasteiger partial charge >= 0.3 is 0 Å². The molecular formula is C16H31IN4OS. The van der Waals surface area contributed by atoms with E-state index in [0.717, 1.165) is 51.3 Å². The van der Waals surface area contributed by atoms with Crippen LogP contribution in [0.2, 0.25) is 0 Å². The zero-order chi connectivity index (χ0) is 15.4. The lowest BCUT2D eigenvalue weighted by Gasteiger charge is -2.42. The molecule has 2 N–H and O–H groups in total. The number of aliphatic imine (C=N–C) groups is 1. The van der Waals surface area contributed by atoms with Crippen molar-refractivity contribution in [2.24, 2.45) is 10.9 Å². The normalized spacial score (nSPS) is 34.8. The Morgan fingerprint density at radius 3 is 2.70 bits per heavy atom. The molecule has 2 heterocycles. The Balaban J connectivity index is 0.00000192. The fourth-order valence-corrected chi connectivity index (χ4v) is 4.82. The standard InChI is InChI=1S/C16H30N4OS.HI/c1-3-17-15(19-14-10-13(14)2)18-11-16(4-9-22-12-16)20-5-7-21-8-6-20;/h13-14H,3-12H2,1-2H3,(H2,17,18,19);1H. The van der Waals surface area contributed by atoms with E-state index in [2.05, 4.69) is 41.1 Å². The third-order valence-corrected chi connectivity index (χ3v) is 6.31. The van der Waals surface area contributed by atoms with E-state index in [1.54, 1.807) is 0 Å². The maximum Gasteiger partial charge on any atom is 0.191 e. The Morgan fingerprint density at radius 2 is 2.13 bits per heavy atom. The van der Waals surface area contributed by atoms with Crippen molar-refractivity contribution < 1.29 is 4.74 Å². The van der Waals surface area contributed by atoms with Crippen LogP contribution in [0.3, 0.4) is 0 Å². The van der Waals surface area contributed by atoms with Gasteiger partial charge in [0.15, 0.2) is 5.96 Å². The van der Waals surface area contributed by atoms with E-state index in [9.17, 15) is 0 Å². The van der Waals surface area contributed by atoms with Gasteiger partial charge in [0, 0.05) is 31.4 Å². The van der Waals surface area contributed by atoms with Crippen LogP contribution in [0.15, 0.2) is 4.99 Å². The second kappa shape index (κ2) is 9.10. The summed E-state index contributed by atoms with van der Waals surface area (Å²) in [6, 6.07) is 0.620. The molecular weight excluding hydrogens is 423 g/mol. The molecule has 5 nitrogen and oxygen atoms in total. The summed E-state index contributed by atoms with van der Waals surface area (Å²) in [6.45, 7) is 10.1. The zero-order valence-corrected chi connectivity index (χ0v) is 17.5. The monoisotopic (exact) mass is 454 g/mol. The first-order valence-electron chi connectivity index (χ1n) is 8.69. The molecule has 7 heteroatoms. The van der Waals surface area contributed by atoms with E-state index in [-0.39, 0.29) is 29.5 Å². The summed E-state index contributed by atoms with van der Waals surface area (Å²) < 4.78 is 5.53. The Kier molecular flexibility index (Phi) is 7.75. The third-order valence-electron chi connectivity index (χ3n) is 5.07. The summed E-state index contributed by atoms with van der Waals surface area (Å²) >= 11 is 2.07. The van der Waals surface area contributed by atoms with E-state index >= 15 is 0 Å². The Labute approximate surface area is 161 Å². The van der Waals surface area contributed by atoms with Crippen LogP contribution in [0.25, 0.3) is 0 Å². The second-order valence-electron chi connectivity index (χ2n) is 6.79. The lowest BCUT2D eigenvalue weighted by Crippen LogP contribution is -2.56. The number of thioether (sulfide) groups is 1. The number of rotatable bonds is 5. The van der Waals surface area contributed by atoms with Crippen molar-refractivity contribution in [3.63, 3.8) is 0 Å². The van der Waals surface area contributed by atoms with Gasteiger partial charge in [-0.3, -0.25) is 9.89 Å². The predicted molar refractivity (Wildman–Crippen MR) is 109 cm³/mol. The molecule has 2 saturated heterocycles. The van der Waals surface area contributed by atoms with Crippen LogP contribution in [0.5, 0.6) is 0 Å². The molecule has 1 saturated carbocycles. The molecule has 3 atom stereocenters. The fourth-order valence-electron chi connectivity index (χ4n) is 3.35. The summed E-state index contributed by atoms with van der Waals surface area (Å²) in [6.07, 6.45) is 2.52. The van der Waals surface area contributed by atoms with Crippen molar-refractivity contribution in [2.45, 2.75) is 38.3 Å². The summed E-state index contributed by atoms with van der Waals surface area (Å²) in [5.41, 5.74) is 0.242. The van der Waals surface area contributed by atoms with Gasteiger partial charge in [-0.15, -0.1) is 24.0 Å². The van der Waals surface area contributed by atoms with Crippen molar-refractivity contribution >= 4 is 41.7 Å². The van der Waals surface area contributed by atoms with E-state index < -0.39 is 0 Å². The molecule has 0 aromatic carbocycles. The van der Waals surface area contributed by atoms with Crippen LogP contribution in [-0.2, 0) is 4.74 Å². The largest absolute Gasteiger partial charge is 0.379 e. The first kappa shape index (κ1) is 19.6. The minimum absolute atomic E-state index is 0. The highest BCUT2D eigenvalue weighted by molar-refractivity contribution is 14.0. The van der Waals surface area contributed by atoms with Crippen LogP contribution < -0.4 is 10.6 Å². The molecule has 0 spiro atoms. The highest BCUT2D eigenvalue weighted by Crippen LogP contribution is 2.34.